The summed E-state index contributed by atoms with van der Waals surface area (Å²) in [5.41, 5.74) is -1.62. The van der Waals surface area contributed by atoms with Crippen LogP contribution >= 0.6 is 0 Å². The first kappa shape index (κ1) is 19.6. The van der Waals surface area contributed by atoms with Crippen LogP contribution < -0.4 is 21.2 Å². The molecule has 2 aliphatic heterocycles. The van der Waals surface area contributed by atoms with Crippen LogP contribution in [-0.4, -0.2) is 38.7 Å². The molecule has 2 rings (SSSR count). The average Bonchev–Trinajstić information content (AvgIpc) is 2.78. The van der Waals surface area contributed by atoms with Gasteiger partial charge in [-0.3, -0.25) is 0 Å². The standard InChI is InChI=1S/C18H26F2IN2O/c1-12-15-5-4-7-21-10-13(15)6-8-23(12)16(24)14(11-22)9-18(2,3)17(19)20/h9,12-13,15,17H,4-8,10H2,1-3H3/q-1/b14-9-. The van der Waals surface area contributed by atoms with Gasteiger partial charge in [-0.15, -0.1) is 0 Å². The van der Waals surface area contributed by atoms with E-state index in [9.17, 15) is 18.8 Å². The van der Waals surface area contributed by atoms with E-state index in [1.807, 2.05) is 6.07 Å². The van der Waals surface area contributed by atoms with Crippen molar-refractivity contribution in [3.8, 4) is 6.07 Å². The number of hydrogen-bond acceptors (Lipinski definition) is 2. The number of nitriles is 1. The number of alkyl halides is 4. The molecule has 6 heteroatoms. The van der Waals surface area contributed by atoms with E-state index in [1.54, 1.807) is 4.90 Å². The monoisotopic (exact) mass is 451 g/mol. The molecule has 0 spiro atoms. The first-order valence-electron chi connectivity index (χ1n) is 8.53. The Balaban J connectivity index is 2.19. The average molecular weight is 451 g/mol. The first-order valence-corrected chi connectivity index (χ1v) is 11.6. The molecule has 3 atom stereocenters. The minimum atomic E-state index is -2.61. The summed E-state index contributed by atoms with van der Waals surface area (Å²) < 4.78 is 28.9. The number of rotatable bonds is 3. The molecule has 1 amide bonds. The number of allylic oxidation sites excluding steroid dienone is 1. The third kappa shape index (κ3) is 4.27. The van der Waals surface area contributed by atoms with Crippen LogP contribution in [0.3, 0.4) is 0 Å². The molecule has 0 N–H and O–H groups in total. The molecule has 24 heavy (non-hydrogen) atoms. The molecule has 2 fully saturated rings. The fraction of sp³-hybridized carbons (Fsp3) is 0.778. The molecule has 136 valence electrons. The summed E-state index contributed by atoms with van der Waals surface area (Å²) in [6.45, 7) is 5.41. The fourth-order valence-electron chi connectivity index (χ4n) is 3.66. The number of amides is 1. The van der Waals surface area contributed by atoms with Crippen molar-refractivity contribution in [2.75, 3.05) is 15.4 Å². The molecule has 2 heterocycles. The number of fused-ring (bicyclic) bond motifs is 1. The van der Waals surface area contributed by atoms with Gasteiger partial charge in [-0.1, -0.05) is 0 Å². The van der Waals surface area contributed by atoms with E-state index in [0.717, 1.165) is 18.9 Å². The molecule has 0 radical (unpaired) electrons. The number of hydrogen-bond donors (Lipinski definition) is 0. The molecule has 2 saturated heterocycles. The van der Waals surface area contributed by atoms with Crippen LogP contribution in [-0.2, 0) is 4.79 Å². The van der Waals surface area contributed by atoms with Crippen molar-refractivity contribution in [3.63, 3.8) is 0 Å². The van der Waals surface area contributed by atoms with E-state index < -0.39 is 11.8 Å². The normalized spacial score (nSPS) is 29.3. The Morgan fingerprint density at radius 3 is 2.75 bits per heavy atom. The molecule has 0 saturated carbocycles. The zero-order chi connectivity index (χ0) is 17.9. The summed E-state index contributed by atoms with van der Waals surface area (Å²) >= 11 is 0.298. The third-order valence-electron chi connectivity index (χ3n) is 5.26. The molecule has 3 nitrogen and oxygen atoms in total. The molecular formula is C18H26F2IN2O-. The van der Waals surface area contributed by atoms with Gasteiger partial charge in [-0.05, 0) is 0 Å². The summed E-state index contributed by atoms with van der Waals surface area (Å²) in [5.74, 6) is 0.815. The summed E-state index contributed by atoms with van der Waals surface area (Å²) in [6.07, 6.45) is 1.90. The van der Waals surface area contributed by atoms with E-state index in [-0.39, 0.29) is 17.5 Å². The molecule has 2 aliphatic rings. The van der Waals surface area contributed by atoms with Gasteiger partial charge < -0.3 is 0 Å². The van der Waals surface area contributed by atoms with Crippen molar-refractivity contribution in [1.82, 2.24) is 4.90 Å². The Morgan fingerprint density at radius 2 is 2.12 bits per heavy atom. The van der Waals surface area contributed by atoms with Crippen LogP contribution in [0.2, 0.25) is 0 Å². The van der Waals surface area contributed by atoms with Gasteiger partial charge in [0.05, 0.1) is 0 Å². The fourth-order valence-corrected chi connectivity index (χ4v) is 6.97. The van der Waals surface area contributed by atoms with Gasteiger partial charge in [-0.2, -0.15) is 0 Å². The quantitative estimate of drug-likeness (QED) is 0.271. The minimum absolute atomic E-state index is 0.0878. The number of carbonyl (C=O) groups is 1. The van der Waals surface area contributed by atoms with Crippen LogP contribution in [0.15, 0.2) is 11.6 Å². The van der Waals surface area contributed by atoms with Crippen molar-refractivity contribution >= 4 is 5.91 Å². The van der Waals surface area contributed by atoms with Crippen molar-refractivity contribution in [1.29, 1.82) is 5.26 Å². The number of halogens is 3. The van der Waals surface area contributed by atoms with E-state index in [4.69, 9.17) is 0 Å². The Kier molecular flexibility index (Phi) is 6.63. The van der Waals surface area contributed by atoms with Crippen molar-refractivity contribution in [3.05, 3.63) is 11.6 Å². The predicted molar refractivity (Wildman–Crippen MR) is 85.2 cm³/mol. The molecular weight excluding hydrogens is 425 g/mol. The molecule has 0 aromatic heterocycles. The van der Waals surface area contributed by atoms with Gasteiger partial charge in [0.1, 0.15) is 0 Å². The van der Waals surface area contributed by atoms with E-state index >= 15 is 0 Å². The van der Waals surface area contributed by atoms with Gasteiger partial charge in [0, 0.05) is 0 Å². The van der Waals surface area contributed by atoms with Crippen molar-refractivity contribution in [2.45, 2.75) is 52.5 Å². The van der Waals surface area contributed by atoms with Crippen LogP contribution in [0.5, 0.6) is 0 Å². The van der Waals surface area contributed by atoms with Crippen LogP contribution in [0.4, 0.5) is 8.78 Å². The first-order chi connectivity index (χ1) is 11.3. The molecule has 0 aromatic rings. The summed E-state index contributed by atoms with van der Waals surface area (Å²) in [5, 5.41) is 9.33. The van der Waals surface area contributed by atoms with Gasteiger partial charge in [-0.25, -0.2) is 0 Å². The molecule has 0 aromatic carbocycles. The Hall–Kier alpha value is -0.710. The summed E-state index contributed by atoms with van der Waals surface area (Å²) in [7, 11) is 0. The maximum atomic E-state index is 13.1. The number of carbonyl (C=O) groups excluding carboxylic acids is 1. The van der Waals surface area contributed by atoms with Crippen LogP contribution in [0.1, 0.15) is 40.0 Å². The second-order valence-corrected chi connectivity index (χ2v) is 10.5. The number of nitrogens with zero attached hydrogens (tertiary/aromatic N) is 2. The van der Waals surface area contributed by atoms with Crippen LogP contribution in [0.25, 0.3) is 0 Å². The van der Waals surface area contributed by atoms with Crippen LogP contribution in [0, 0.1) is 28.6 Å². The Morgan fingerprint density at radius 1 is 1.42 bits per heavy atom. The Labute approximate surface area is 153 Å². The van der Waals surface area contributed by atoms with Gasteiger partial charge in [0.25, 0.3) is 0 Å². The predicted octanol–water partition coefficient (Wildman–Crippen LogP) is 0.464. The second-order valence-electron chi connectivity index (χ2n) is 7.42. The van der Waals surface area contributed by atoms with Crippen molar-refractivity contribution in [2.24, 2.45) is 17.3 Å². The number of piperidine rings is 1. The molecule has 0 bridgehead atoms. The topological polar surface area (TPSA) is 44.1 Å². The zero-order valence-electron chi connectivity index (χ0n) is 14.6. The van der Waals surface area contributed by atoms with Gasteiger partial charge >= 0.3 is 154 Å². The van der Waals surface area contributed by atoms with E-state index in [1.165, 1.54) is 29.1 Å². The number of likely N-dealkylation sites (tertiary alicyclic amines) is 1. The third-order valence-corrected chi connectivity index (χ3v) is 8.54. The summed E-state index contributed by atoms with van der Waals surface area (Å²) in [6, 6.07) is 1.94. The van der Waals surface area contributed by atoms with Gasteiger partial charge in [0.2, 0.25) is 0 Å². The molecule has 0 aliphatic carbocycles. The Bertz CT molecular complexity index is 542. The van der Waals surface area contributed by atoms with Gasteiger partial charge in [0.15, 0.2) is 0 Å². The van der Waals surface area contributed by atoms with E-state index in [2.05, 4.69) is 6.92 Å². The zero-order valence-corrected chi connectivity index (χ0v) is 16.7. The maximum absolute atomic E-state index is 13.1. The summed E-state index contributed by atoms with van der Waals surface area (Å²) in [4.78, 5) is 14.5. The van der Waals surface area contributed by atoms with Crippen molar-refractivity contribution < 1.29 is 34.8 Å². The second kappa shape index (κ2) is 8.11. The van der Waals surface area contributed by atoms with E-state index in [0.29, 0.717) is 39.6 Å². The SMILES string of the molecule is CC1C2CCC[I-]CC2CCN1C(=O)/C(C#N)=C\C(C)(C)C(F)F. The molecule has 3 unspecified atom stereocenters.